The molecule has 0 radical (unpaired) electrons. The van der Waals surface area contributed by atoms with Crippen molar-refractivity contribution in [2.45, 2.75) is 45.2 Å². The number of sulfonamides is 1. The van der Waals surface area contributed by atoms with Gasteiger partial charge in [0.1, 0.15) is 4.90 Å². The Morgan fingerprint density at radius 3 is 2.48 bits per heavy atom. The average molecular weight is 334 g/mol. The highest BCUT2D eigenvalue weighted by Gasteiger charge is 2.24. The molecule has 1 aromatic rings. The van der Waals surface area contributed by atoms with Crippen LogP contribution >= 0.6 is 11.3 Å². The predicted octanol–water partition coefficient (Wildman–Crippen LogP) is 1.78. The zero-order valence-electron chi connectivity index (χ0n) is 13.6. The van der Waals surface area contributed by atoms with Crippen LogP contribution < -0.4 is 10.0 Å². The lowest BCUT2D eigenvalue weighted by Gasteiger charge is -2.23. The van der Waals surface area contributed by atoms with Crippen molar-refractivity contribution in [3.63, 3.8) is 0 Å². The first-order chi connectivity index (χ1) is 9.85. The van der Waals surface area contributed by atoms with Crippen LogP contribution in [0.2, 0.25) is 0 Å². The van der Waals surface area contributed by atoms with E-state index >= 15 is 0 Å². The van der Waals surface area contributed by atoms with Crippen molar-refractivity contribution >= 4 is 21.4 Å². The first-order valence-corrected chi connectivity index (χ1v) is 9.68. The average Bonchev–Trinajstić information content (AvgIpc) is 2.77. The van der Waals surface area contributed by atoms with Crippen LogP contribution in [-0.2, 0) is 16.6 Å². The minimum Gasteiger partial charge on any atom is -0.315 e. The molecule has 0 fully saturated rings. The van der Waals surface area contributed by atoms with E-state index in [0.717, 1.165) is 30.1 Å². The summed E-state index contributed by atoms with van der Waals surface area (Å²) >= 11 is 1.49. The third-order valence-corrected chi connectivity index (χ3v) is 6.43. The zero-order chi connectivity index (χ0) is 16.0. The molecule has 0 aromatic carbocycles. The fourth-order valence-electron chi connectivity index (χ4n) is 2.36. The number of rotatable bonds is 9. The van der Waals surface area contributed by atoms with Crippen LogP contribution in [0.1, 0.15) is 31.2 Å². The molecule has 1 aromatic heterocycles. The summed E-state index contributed by atoms with van der Waals surface area (Å²) < 4.78 is 28.1. The molecule has 1 atom stereocenters. The van der Waals surface area contributed by atoms with E-state index in [0.29, 0.717) is 11.4 Å². The molecule has 0 aliphatic carbocycles. The summed E-state index contributed by atoms with van der Waals surface area (Å²) in [6, 6.07) is -0.114. The highest BCUT2D eigenvalue weighted by atomic mass is 32.2. The molecule has 0 aliphatic heterocycles. The van der Waals surface area contributed by atoms with Gasteiger partial charge >= 0.3 is 0 Å². The van der Waals surface area contributed by atoms with E-state index in [1.807, 2.05) is 26.3 Å². The van der Waals surface area contributed by atoms with Crippen LogP contribution in [0, 0.1) is 6.92 Å². The summed E-state index contributed by atoms with van der Waals surface area (Å²) in [7, 11) is -1.65. The molecule has 2 N–H and O–H groups in total. The van der Waals surface area contributed by atoms with Gasteiger partial charge in [0.2, 0.25) is 10.0 Å². The molecule has 0 aliphatic rings. The summed E-state index contributed by atoms with van der Waals surface area (Å²) in [5.74, 6) is 0. The van der Waals surface area contributed by atoms with Crippen molar-refractivity contribution in [2.24, 2.45) is 0 Å². The molecule has 0 amide bonds. The second-order valence-corrected chi connectivity index (χ2v) is 7.82. The summed E-state index contributed by atoms with van der Waals surface area (Å²) in [5, 5.41) is 4.92. The molecule has 1 heterocycles. The Bertz CT molecular complexity index is 536. The quantitative estimate of drug-likeness (QED) is 0.723. The summed E-state index contributed by atoms with van der Waals surface area (Å²) in [4.78, 5) is 3.51. The molecular weight excluding hydrogens is 306 g/mol. The third kappa shape index (κ3) is 5.03. The van der Waals surface area contributed by atoms with Crippen molar-refractivity contribution in [1.29, 1.82) is 0 Å². The largest absolute Gasteiger partial charge is 0.315 e. The molecular formula is C14H27N3O2S2. The topological polar surface area (TPSA) is 61.4 Å². The molecule has 122 valence electrons. The van der Waals surface area contributed by atoms with Gasteiger partial charge in [0.25, 0.3) is 0 Å². The highest BCUT2D eigenvalue weighted by Crippen LogP contribution is 2.26. The van der Waals surface area contributed by atoms with Crippen molar-refractivity contribution in [3.05, 3.63) is 15.8 Å². The van der Waals surface area contributed by atoms with Crippen molar-refractivity contribution in [2.75, 3.05) is 26.7 Å². The Morgan fingerprint density at radius 2 is 1.95 bits per heavy atom. The monoisotopic (exact) mass is 333 g/mol. The second kappa shape index (κ2) is 8.24. The lowest BCUT2D eigenvalue weighted by Crippen LogP contribution is -2.42. The Morgan fingerprint density at radius 1 is 1.33 bits per heavy atom. The molecule has 0 spiro atoms. The van der Waals surface area contributed by atoms with Gasteiger partial charge in [-0.05, 0) is 44.9 Å². The van der Waals surface area contributed by atoms with Gasteiger partial charge in [-0.3, -0.25) is 0 Å². The standard InChI is InChI=1S/C14H27N3O2S2/c1-6-17(7-2)9-12(4)16-21(18,19)14-11(3)10-20-13(14)8-15-5/h10,12,15-16H,6-9H2,1-5H3. The number of thiophene rings is 1. The number of hydrogen-bond donors (Lipinski definition) is 2. The lowest BCUT2D eigenvalue weighted by molar-refractivity contribution is 0.282. The van der Waals surface area contributed by atoms with E-state index < -0.39 is 10.0 Å². The van der Waals surface area contributed by atoms with Crippen molar-refractivity contribution < 1.29 is 8.42 Å². The van der Waals surface area contributed by atoms with Gasteiger partial charge in [0.05, 0.1) is 0 Å². The van der Waals surface area contributed by atoms with Crippen LogP contribution in [0.25, 0.3) is 0 Å². The van der Waals surface area contributed by atoms with Crippen LogP contribution in [0.5, 0.6) is 0 Å². The van der Waals surface area contributed by atoms with E-state index in [4.69, 9.17) is 0 Å². The molecule has 0 saturated carbocycles. The van der Waals surface area contributed by atoms with E-state index in [2.05, 4.69) is 28.8 Å². The fraction of sp³-hybridized carbons (Fsp3) is 0.714. The molecule has 1 unspecified atom stereocenters. The number of likely N-dealkylation sites (N-methyl/N-ethyl adjacent to an activating group) is 1. The Hall–Kier alpha value is -0.470. The normalized spacial score (nSPS) is 13.8. The second-order valence-electron chi connectivity index (χ2n) is 5.21. The van der Waals surface area contributed by atoms with E-state index in [1.54, 1.807) is 0 Å². The molecule has 1 rings (SSSR count). The van der Waals surface area contributed by atoms with Gasteiger partial charge in [0.15, 0.2) is 0 Å². The van der Waals surface area contributed by atoms with E-state index in [-0.39, 0.29) is 6.04 Å². The van der Waals surface area contributed by atoms with Gasteiger partial charge in [0, 0.05) is 24.0 Å². The minimum atomic E-state index is -3.47. The van der Waals surface area contributed by atoms with Crippen LogP contribution in [-0.4, -0.2) is 46.0 Å². The molecule has 5 nitrogen and oxygen atoms in total. The predicted molar refractivity (Wildman–Crippen MR) is 89.4 cm³/mol. The Kier molecular flexibility index (Phi) is 7.29. The SMILES string of the molecule is CCN(CC)CC(C)NS(=O)(=O)c1c(C)csc1CNC. The third-order valence-electron chi connectivity index (χ3n) is 3.38. The van der Waals surface area contributed by atoms with Crippen molar-refractivity contribution in [3.8, 4) is 0 Å². The maximum Gasteiger partial charge on any atom is 0.242 e. The number of nitrogens with one attached hydrogen (secondary N) is 2. The number of nitrogens with zero attached hydrogens (tertiary/aromatic N) is 1. The summed E-state index contributed by atoms with van der Waals surface area (Å²) in [5.41, 5.74) is 0.813. The van der Waals surface area contributed by atoms with Crippen LogP contribution in [0.3, 0.4) is 0 Å². The minimum absolute atomic E-state index is 0.114. The van der Waals surface area contributed by atoms with E-state index in [9.17, 15) is 8.42 Å². The number of aryl methyl sites for hydroxylation is 1. The first-order valence-electron chi connectivity index (χ1n) is 7.31. The fourth-order valence-corrected chi connectivity index (χ4v) is 5.42. The van der Waals surface area contributed by atoms with Gasteiger partial charge in [-0.1, -0.05) is 13.8 Å². The zero-order valence-corrected chi connectivity index (χ0v) is 15.2. The van der Waals surface area contributed by atoms with Gasteiger partial charge in [-0.15, -0.1) is 11.3 Å². The van der Waals surface area contributed by atoms with Crippen LogP contribution in [0.15, 0.2) is 10.3 Å². The first kappa shape index (κ1) is 18.6. The maximum atomic E-state index is 12.6. The maximum absolute atomic E-state index is 12.6. The van der Waals surface area contributed by atoms with Gasteiger partial charge < -0.3 is 10.2 Å². The van der Waals surface area contributed by atoms with Crippen LogP contribution in [0.4, 0.5) is 0 Å². The van der Waals surface area contributed by atoms with E-state index in [1.165, 1.54) is 11.3 Å². The smallest absolute Gasteiger partial charge is 0.242 e. The molecule has 0 bridgehead atoms. The summed E-state index contributed by atoms with van der Waals surface area (Å²) in [6.45, 7) is 11.1. The molecule has 7 heteroatoms. The highest BCUT2D eigenvalue weighted by molar-refractivity contribution is 7.89. The molecule has 0 saturated heterocycles. The number of hydrogen-bond acceptors (Lipinski definition) is 5. The molecule has 21 heavy (non-hydrogen) atoms. The Balaban J connectivity index is 2.89. The Labute approximate surface area is 132 Å². The van der Waals surface area contributed by atoms with Crippen molar-refractivity contribution in [1.82, 2.24) is 14.9 Å². The van der Waals surface area contributed by atoms with Gasteiger partial charge in [-0.25, -0.2) is 13.1 Å². The lowest BCUT2D eigenvalue weighted by atomic mass is 10.3. The van der Waals surface area contributed by atoms with Gasteiger partial charge in [-0.2, -0.15) is 0 Å². The summed E-state index contributed by atoms with van der Waals surface area (Å²) in [6.07, 6.45) is 0.